The van der Waals surface area contributed by atoms with Gasteiger partial charge in [0.05, 0.1) is 7.11 Å². The van der Waals surface area contributed by atoms with E-state index in [0.29, 0.717) is 11.8 Å². The summed E-state index contributed by atoms with van der Waals surface area (Å²) in [7, 11) is 1.45. The summed E-state index contributed by atoms with van der Waals surface area (Å²) in [6.07, 6.45) is 0. The lowest BCUT2D eigenvalue weighted by Gasteiger charge is -2.23. The van der Waals surface area contributed by atoms with Crippen molar-refractivity contribution in [1.29, 1.82) is 0 Å². The van der Waals surface area contributed by atoms with Gasteiger partial charge < -0.3 is 10.5 Å². The maximum absolute atomic E-state index is 13.5. The van der Waals surface area contributed by atoms with Crippen LogP contribution in [0, 0.1) is 17.7 Å². The fraction of sp³-hybridized carbons (Fsp3) is 0.538. The maximum atomic E-state index is 13.5. The molecule has 0 aromatic heterocycles. The lowest BCUT2D eigenvalue weighted by Crippen LogP contribution is -2.23. The third-order valence-electron chi connectivity index (χ3n) is 3.18. The topological polar surface area (TPSA) is 35.2 Å². The van der Waals surface area contributed by atoms with E-state index in [9.17, 15) is 4.39 Å². The Hall–Kier alpha value is -1.09. The zero-order chi connectivity index (χ0) is 12.3. The van der Waals surface area contributed by atoms with Gasteiger partial charge in [0.2, 0.25) is 0 Å². The number of nitrogens with two attached hydrogens (primary N) is 1. The van der Waals surface area contributed by atoms with Crippen molar-refractivity contribution in [1.82, 2.24) is 0 Å². The molecular formula is C13H20FNO. The first-order valence-electron chi connectivity index (χ1n) is 5.56. The van der Waals surface area contributed by atoms with Crippen LogP contribution in [0.2, 0.25) is 0 Å². The van der Waals surface area contributed by atoms with Gasteiger partial charge in [0.1, 0.15) is 0 Å². The van der Waals surface area contributed by atoms with Crippen LogP contribution in [0.1, 0.15) is 32.4 Å². The molecule has 90 valence electrons. The predicted octanol–water partition coefficient (Wildman–Crippen LogP) is 3.13. The maximum Gasteiger partial charge on any atom is 0.165 e. The Morgan fingerprint density at radius 2 is 1.88 bits per heavy atom. The number of hydrogen-bond donors (Lipinski definition) is 1. The molecule has 0 bridgehead atoms. The van der Waals surface area contributed by atoms with Crippen LogP contribution in [0.15, 0.2) is 18.2 Å². The Morgan fingerprint density at radius 1 is 1.25 bits per heavy atom. The van der Waals surface area contributed by atoms with Crippen molar-refractivity contribution in [3.63, 3.8) is 0 Å². The van der Waals surface area contributed by atoms with E-state index in [-0.39, 0.29) is 17.6 Å². The van der Waals surface area contributed by atoms with Crippen LogP contribution in [0.5, 0.6) is 5.75 Å². The minimum Gasteiger partial charge on any atom is -0.494 e. The van der Waals surface area contributed by atoms with Crippen molar-refractivity contribution in [3.8, 4) is 5.75 Å². The fourth-order valence-corrected chi connectivity index (χ4v) is 1.61. The molecule has 0 radical (unpaired) electrons. The average molecular weight is 225 g/mol. The molecule has 2 N–H and O–H groups in total. The van der Waals surface area contributed by atoms with Crippen LogP contribution in [0.25, 0.3) is 0 Å². The van der Waals surface area contributed by atoms with Crippen LogP contribution < -0.4 is 10.5 Å². The van der Waals surface area contributed by atoms with Gasteiger partial charge in [0, 0.05) is 6.04 Å². The van der Waals surface area contributed by atoms with Gasteiger partial charge in [-0.25, -0.2) is 4.39 Å². The molecule has 1 aromatic carbocycles. The Kier molecular flexibility index (Phi) is 4.30. The van der Waals surface area contributed by atoms with Crippen molar-refractivity contribution in [3.05, 3.63) is 29.6 Å². The highest BCUT2D eigenvalue weighted by molar-refractivity contribution is 5.31. The third-order valence-corrected chi connectivity index (χ3v) is 3.18. The van der Waals surface area contributed by atoms with Gasteiger partial charge in [0.25, 0.3) is 0 Å². The van der Waals surface area contributed by atoms with E-state index in [4.69, 9.17) is 10.5 Å². The summed E-state index contributed by atoms with van der Waals surface area (Å²) in [6, 6.07) is 4.77. The SMILES string of the molecule is COc1ccc(C(N)C(C)C(C)C)cc1F. The zero-order valence-corrected chi connectivity index (χ0v) is 10.3. The Morgan fingerprint density at radius 3 is 2.31 bits per heavy atom. The standard InChI is InChI=1S/C13H20FNO/c1-8(2)9(3)13(15)10-5-6-12(16-4)11(14)7-10/h5-9,13H,15H2,1-4H3. The number of hydrogen-bond acceptors (Lipinski definition) is 2. The molecule has 16 heavy (non-hydrogen) atoms. The Labute approximate surface area is 96.6 Å². The molecule has 0 aliphatic heterocycles. The molecule has 2 nitrogen and oxygen atoms in total. The Balaban J connectivity index is 2.92. The van der Waals surface area contributed by atoms with Gasteiger partial charge in [0.15, 0.2) is 11.6 Å². The quantitative estimate of drug-likeness (QED) is 0.854. The molecule has 2 unspecified atom stereocenters. The highest BCUT2D eigenvalue weighted by Crippen LogP contribution is 2.28. The molecule has 0 aliphatic rings. The molecular weight excluding hydrogens is 205 g/mol. The van der Waals surface area contributed by atoms with E-state index >= 15 is 0 Å². The Bertz CT molecular complexity index is 352. The highest BCUT2D eigenvalue weighted by Gasteiger charge is 2.19. The minimum atomic E-state index is -0.355. The van der Waals surface area contributed by atoms with Crippen LogP contribution in [-0.4, -0.2) is 7.11 Å². The monoisotopic (exact) mass is 225 g/mol. The van der Waals surface area contributed by atoms with Crippen LogP contribution in [-0.2, 0) is 0 Å². The van der Waals surface area contributed by atoms with Gasteiger partial charge in [-0.3, -0.25) is 0 Å². The normalized spacial score (nSPS) is 14.9. The molecule has 1 rings (SSSR count). The van der Waals surface area contributed by atoms with Crippen LogP contribution in [0.3, 0.4) is 0 Å². The van der Waals surface area contributed by atoms with Gasteiger partial charge >= 0.3 is 0 Å². The summed E-state index contributed by atoms with van der Waals surface area (Å²) in [5, 5.41) is 0. The lowest BCUT2D eigenvalue weighted by molar-refractivity contribution is 0.349. The van der Waals surface area contributed by atoms with Gasteiger partial charge in [-0.05, 0) is 29.5 Å². The summed E-state index contributed by atoms with van der Waals surface area (Å²) < 4.78 is 18.4. The number of ether oxygens (including phenoxy) is 1. The van der Waals surface area contributed by atoms with Crippen molar-refractivity contribution in [2.75, 3.05) is 7.11 Å². The van der Waals surface area contributed by atoms with E-state index in [2.05, 4.69) is 20.8 Å². The second kappa shape index (κ2) is 5.30. The van der Waals surface area contributed by atoms with E-state index < -0.39 is 0 Å². The van der Waals surface area contributed by atoms with Gasteiger partial charge in [-0.15, -0.1) is 0 Å². The van der Waals surface area contributed by atoms with Gasteiger partial charge in [-0.1, -0.05) is 26.8 Å². The number of halogens is 1. The van der Waals surface area contributed by atoms with E-state index in [1.165, 1.54) is 13.2 Å². The predicted molar refractivity (Wildman–Crippen MR) is 63.9 cm³/mol. The third kappa shape index (κ3) is 2.73. The fourth-order valence-electron chi connectivity index (χ4n) is 1.61. The van der Waals surface area contributed by atoms with Crippen molar-refractivity contribution < 1.29 is 9.13 Å². The summed E-state index contributed by atoms with van der Waals surface area (Å²) in [5.74, 6) is 0.688. The first-order valence-corrected chi connectivity index (χ1v) is 5.56. The summed E-state index contributed by atoms with van der Waals surface area (Å²) >= 11 is 0. The smallest absolute Gasteiger partial charge is 0.165 e. The van der Waals surface area contributed by atoms with Crippen molar-refractivity contribution >= 4 is 0 Å². The molecule has 3 heteroatoms. The largest absolute Gasteiger partial charge is 0.494 e. The number of benzene rings is 1. The number of methoxy groups -OCH3 is 1. The summed E-state index contributed by atoms with van der Waals surface area (Å²) in [5.41, 5.74) is 6.91. The van der Waals surface area contributed by atoms with Gasteiger partial charge in [-0.2, -0.15) is 0 Å². The molecule has 0 heterocycles. The second-order valence-electron chi connectivity index (χ2n) is 4.52. The highest BCUT2D eigenvalue weighted by atomic mass is 19.1. The summed E-state index contributed by atoms with van der Waals surface area (Å²) in [6.45, 7) is 6.31. The molecule has 1 aromatic rings. The summed E-state index contributed by atoms with van der Waals surface area (Å²) in [4.78, 5) is 0. The first-order chi connectivity index (χ1) is 7.47. The molecule has 0 spiro atoms. The molecule has 0 aliphatic carbocycles. The van der Waals surface area contributed by atoms with Crippen molar-refractivity contribution in [2.45, 2.75) is 26.8 Å². The second-order valence-corrected chi connectivity index (χ2v) is 4.52. The van der Waals surface area contributed by atoms with E-state index in [1.54, 1.807) is 6.07 Å². The van der Waals surface area contributed by atoms with Crippen LogP contribution in [0.4, 0.5) is 4.39 Å². The molecule has 0 amide bonds. The first kappa shape index (κ1) is 13.0. The zero-order valence-electron chi connectivity index (χ0n) is 10.3. The van der Waals surface area contributed by atoms with E-state index in [0.717, 1.165) is 5.56 Å². The molecule has 0 saturated carbocycles. The molecule has 2 atom stereocenters. The molecule has 0 saturated heterocycles. The van der Waals surface area contributed by atoms with Crippen molar-refractivity contribution in [2.24, 2.45) is 17.6 Å². The van der Waals surface area contributed by atoms with E-state index in [1.807, 2.05) is 6.07 Å². The minimum absolute atomic E-state index is 0.139. The average Bonchev–Trinajstić information content (AvgIpc) is 2.26. The number of rotatable bonds is 4. The lowest BCUT2D eigenvalue weighted by atomic mass is 9.87. The molecule has 0 fully saturated rings. The van der Waals surface area contributed by atoms with Crippen LogP contribution >= 0.6 is 0 Å².